The predicted molar refractivity (Wildman–Crippen MR) is 80.1 cm³/mol. The van der Waals surface area contributed by atoms with Gasteiger partial charge >= 0.3 is 0 Å². The Labute approximate surface area is 129 Å². The van der Waals surface area contributed by atoms with Crippen LogP contribution in [0, 0.1) is 0 Å². The van der Waals surface area contributed by atoms with Gasteiger partial charge < -0.3 is 5.11 Å². The molecule has 0 aliphatic carbocycles. The number of benzene rings is 1. The normalized spacial score (nSPS) is 11.3. The van der Waals surface area contributed by atoms with Crippen LogP contribution in [0.1, 0.15) is 5.56 Å². The number of nitrogens with zero attached hydrogens (tertiary/aromatic N) is 1. The maximum absolute atomic E-state index is 12.3. The largest absolute Gasteiger partial charge is 0.392 e. The zero-order chi connectivity index (χ0) is 14.8. The van der Waals surface area contributed by atoms with Crippen LogP contribution in [0.2, 0.25) is 5.02 Å². The molecule has 20 heavy (non-hydrogen) atoms. The molecular formula is C12H10BrClN2O3S. The molecule has 0 unspecified atom stereocenters. The van der Waals surface area contributed by atoms with E-state index in [0.717, 1.165) is 0 Å². The van der Waals surface area contributed by atoms with Crippen LogP contribution in [-0.4, -0.2) is 18.5 Å². The summed E-state index contributed by atoms with van der Waals surface area (Å²) in [6.45, 7) is -0.250. The summed E-state index contributed by atoms with van der Waals surface area (Å²) in [5.74, 6) is 0.0514. The second-order valence-electron chi connectivity index (χ2n) is 3.86. The molecule has 2 rings (SSSR count). The highest BCUT2D eigenvalue weighted by Crippen LogP contribution is 2.27. The average molecular weight is 378 g/mol. The van der Waals surface area contributed by atoms with Gasteiger partial charge in [-0.05, 0) is 45.8 Å². The Morgan fingerprint density at radius 3 is 2.75 bits per heavy atom. The van der Waals surface area contributed by atoms with E-state index in [1.165, 1.54) is 18.3 Å². The minimum atomic E-state index is -3.85. The topological polar surface area (TPSA) is 79.3 Å². The van der Waals surface area contributed by atoms with E-state index in [1.807, 2.05) is 0 Å². The molecule has 0 bridgehead atoms. The van der Waals surface area contributed by atoms with Crippen molar-refractivity contribution in [3.05, 3.63) is 51.6 Å². The highest BCUT2D eigenvalue weighted by atomic mass is 79.9. The Hall–Kier alpha value is -1.15. The SMILES string of the molecule is O=S(=O)(Nc1ncccc1Cl)c1cc(CO)ccc1Br. The molecule has 1 heterocycles. The summed E-state index contributed by atoms with van der Waals surface area (Å²) in [6.07, 6.45) is 1.43. The fraction of sp³-hybridized carbons (Fsp3) is 0.0833. The summed E-state index contributed by atoms with van der Waals surface area (Å²) in [5, 5.41) is 9.29. The van der Waals surface area contributed by atoms with Gasteiger partial charge in [-0.1, -0.05) is 17.7 Å². The van der Waals surface area contributed by atoms with Crippen LogP contribution >= 0.6 is 27.5 Å². The Morgan fingerprint density at radius 1 is 1.35 bits per heavy atom. The molecule has 5 nitrogen and oxygen atoms in total. The number of aliphatic hydroxyl groups excluding tert-OH is 1. The number of anilines is 1. The molecule has 1 aromatic carbocycles. The smallest absolute Gasteiger partial charge is 0.264 e. The van der Waals surface area contributed by atoms with Gasteiger partial charge in [0, 0.05) is 10.7 Å². The number of pyridine rings is 1. The molecule has 0 fully saturated rings. The number of halogens is 2. The fourth-order valence-corrected chi connectivity index (χ4v) is 3.76. The maximum atomic E-state index is 12.3. The second-order valence-corrected chi connectivity index (χ2v) is 6.77. The van der Waals surface area contributed by atoms with Crippen molar-refractivity contribution >= 4 is 43.4 Å². The zero-order valence-corrected chi connectivity index (χ0v) is 13.2. The van der Waals surface area contributed by atoms with Crippen molar-refractivity contribution in [2.45, 2.75) is 11.5 Å². The average Bonchev–Trinajstić information content (AvgIpc) is 2.41. The van der Waals surface area contributed by atoms with Crippen LogP contribution < -0.4 is 4.72 Å². The molecule has 1 aromatic heterocycles. The summed E-state index contributed by atoms with van der Waals surface area (Å²) >= 11 is 9.05. The lowest BCUT2D eigenvalue weighted by Gasteiger charge is -2.11. The Balaban J connectivity index is 2.43. The van der Waals surface area contributed by atoms with Gasteiger partial charge in [-0.3, -0.25) is 4.72 Å². The highest BCUT2D eigenvalue weighted by molar-refractivity contribution is 9.10. The molecule has 0 amide bonds. The van der Waals surface area contributed by atoms with Crippen molar-refractivity contribution in [2.24, 2.45) is 0 Å². The molecular weight excluding hydrogens is 368 g/mol. The van der Waals surface area contributed by atoms with E-state index >= 15 is 0 Å². The van der Waals surface area contributed by atoms with Crippen molar-refractivity contribution in [1.82, 2.24) is 4.98 Å². The molecule has 0 spiro atoms. The monoisotopic (exact) mass is 376 g/mol. The van der Waals surface area contributed by atoms with Crippen LogP contribution in [0.4, 0.5) is 5.82 Å². The van der Waals surface area contributed by atoms with Crippen LogP contribution in [0.5, 0.6) is 0 Å². The summed E-state index contributed by atoms with van der Waals surface area (Å²) < 4.78 is 27.3. The Morgan fingerprint density at radius 2 is 2.10 bits per heavy atom. The standard InChI is InChI=1S/C12H10BrClN2O3S/c13-9-4-3-8(7-17)6-11(9)20(18,19)16-12-10(14)2-1-5-15-12/h1-6,17H,7H2,(H,15,16). The quantitative estimate of drug-likeness (QED) is 0.858. The third-order valence-corrected chi connectivity index (χ3v) is 5.10. The number of sulfonamides is 1. The molecule has 2 N–H and O–H groups in total. The highest BCUT2D eigenvalue weighted by Gasteiger charge is 2.20. The third kappa shape index (κ3) is 3.29. The van der Waals surface area contributed by atoms with Crippen molar-refractivity contribution in [3.63, 3.8) is 0 Å². The van der Waals surface area contributed by atoms with Gasteiger partial charge in [-0.2, -0.15) is 0 Å². The molecule has 8 heteroatoms. The lowest BCUT2D eigenvalue weighted by Crippen LogP contribution is -2.15. The fourth-order valence-electron chi connectivity index (χ4n) is 1.50. The number of hydrogen-bond acceptors (Lipinski definition) is 4. The number of hydrogen-bond donors (Lipinski definition) is 2. The van der Waals surface area contributed by atoms with E-state index in [0.29, 0.717) is 10.0 Å². The molecule has 2 aromatic rings. The van der Waals surface area contributed by atoms with Gasteiger partial charge in [-0.15, -0.1) is 0 Å². The van der Waals surface area contributed by atoms with Crippen molar-refractivity contribution in [2.75, 3.05) is 4.72 Å². The van der Waals surface area contributed by atoms with Crippen molar-refractivity contribution in [1.29, 1.82) is 0 Å². The van der Waals surface area contributed by atoms with Crippen LogP contribution in [0.3, 0.4) is 0 Å². The molecule has 0 saturated heterocycles. The van der Waals surface area contributed by atoms with E-state index in [-0.39, 0.29) is 22.3 Å². The first-order chi connectivity index (χ1) is 9.44. The lowest BCUT2D eigenvalue weighted by atomic mass is 10.2. The first-order valence-electron chi connectivity index (χ1n) is 5.46. The minimum absolute atomic E-state index is 0.00534. The molecule has 106 valence electrons. The number of rotatable bonds is 4. The van der Waals surface area contributed by atoms with E-state index in [9.17, 15) is 8.42 Å². The number of aromatic nitrogens is 1. The van der Waals surface area contributed by atoms with Crippen molar-refractivity contribution < 1.29 is 13.5 Å². The molecule has 0 radical (unpaired) electrons. The zero-order valence-electron chi connectivity index (χ0n) is 10.0. The summed E-state index contributed by atoms with van der Waals surface area (Å²) in [4.78, 5) is 3.88. The molecule has 0 atom stereocenters. The molecule has 0 saturated carbocycles. The Bertz CT molecular complexity index is 737. The lowest BCUT2D eigenvalue weighted by molar-refractivity contribution is 0.281. The summed E-state index contributed by atoms with van der Waals surface area (Å²) in [5.41, 5.74) is 0.487. The molecule has 0 aliphatic rings. The van der Waals surface area contributed by atoms with E-state index in [4.69, 9.17) is 16.7 Å². The van der Waals surface area contributed by atoms with Gasteiger partial charge in [-0.25, -0.2) is 13.4 Å². The van der Waals surface area contributed by atoms with E-state index < -0.39 is 10.0 Å². The van der Waals surface area contributed by atoms with E-state index in [1.54, 1.807) is 18.2 Å². The van der Waals surface area contributed by atoms with Gasteiger partial charge in [0.1, 0.15) is 4.90 Å². The minimum Gasteiger partial charge on any atom is -0.392 e. The van der Waals surface area contributed by atoms with Gasteiger partial charge in [0.25, 0.3) is 10.0 Å². The predicted octanol–water partition coefficient (Wildman–Crippen LogP) is 2.79. The van der Waals surface area contributed by atoms with E-state index in [2.05, 4.69) is 25.6 Å². The maximum Gasteiger partial charge on any atom is 0.264 e. The van der Waals surface area contributed by atoms with Crippen LogP contribution in [0.25, 0.3) is 0 Å². The summed E-state index contributed by atoms with van der Waals surface area (Å²) in [6, 6.07) is 7.69. The van der Waals surface area contributed by atoms with Crippen molar-refractivity contribution in [3.8, 4) is 0 Å². The summed E-state index contributed by atoms with van der Waals surface area (Å²) in [7, 11) is -3.85. The number of aliphatic hydroxyl groups is 1. The first-order valence-corrected chi connectivity index (χ1v) is 8.12. The first kappa shape index (κ1) is 15.2. The van der Waals surface area contributed by atoms with Gasteiger partial charge in [0.05, 0.1) is 11.6 Å². The third-order valence-electron chi connectivity index (χ3n) is 2.46. The van der Waals surface area contributed by atoms with Crippen LogP contribution in [-0.2, 0) is 16.6 Å². The number of nitrogens with one attached hydrogen (secondary N) is 1. The van der Waals surface area contributed by atoms with Crippen LogP contribution in [0.15, 0.2) is 45.9 Å². The molecule has 0 aliphatic heterocycles. The second kappa shape index (κ2) is 6.09. The van der Waals surface area contributed by atoms with Gasteiger partial charge in [0.15, 0.2) is 5.82 Å². The van der Waals surface area contributed by atoms with Gasteiger partial charge in [0.2, 0.25) is 0 Å². The Kier molecular flexibility index (Phi) is 4.64.